The minimum Gasteiger partial charge on any atom is -0.348 e. The fourth-order valence-corrected chi connectivity index (χ4v) is 6.28. The molecule has 1 unspecified atom stereocenters. The van der Waals surface area contributed by atoms with Crippen LogP contribution in [0, 0.1) is 0 Å². The molecule has 3 N–H and O–H groups in total. The van der Waals surface area contributed by atoms with Gasteiger partial charge in [0.1, 0.15) is 0 Å². The Morgan fingerprint density at radius 3 is 1.23 bits per heavy atom. The molecule has 1 heterocycles. The number of hydrogen-bond acceptors (Lipinski definition) is 3. The molecule has 0 aliphatic rings. The number of nitrogens with two attached hydrogens (primary N) is 1. The Labute approximate surface area is 268 Å². The van der Waals surface area contributed by atoms with Crippen LogP contribution in [0.3, 0.4) is 0 Å². The van der Waals surface area contributed by atoms with E-state index in [4.69, 9.17) is 5.73 Å². The largest absolute Gasteiger partial charge is 0.348 e. The molecule has 1 aromatic rings. The topological polar surface area (TPSA) is 75.0 Å². The van der Waals surface area contributed by atoms with Crippen LogP contribution in [0.1, 0.15) is 199 Å². The summed E-state index contributed by atoms with van der Waals surface area (Å²) < 4.78 is 0. The highest BCUT2D eigenvalue weighted by molar-refractivity contribution is 5.81. The number of amides is 1. The first kappa shape index (κ1) is 39.7. The van der Waals surface area contributed by atoms with E-state index >= 15 is 0 Å². The third-order valence-corrected chi connectivity index (χ3v) is 9.19. The first-order valence-corrected chi connectivity index (χ1v) is 19.2. The maximum absolute atomic E-state index is 13.3. The molecule has 1 rings (SSSR count). The minimum atomic E-state index is -0.487. The van der Waals surface area contributed by atoms with Crippen LogP contribution in [-0.2, 0) is 11.2 Å². The zero-order valence-electron chi connectivity index (χ0n) is 29.0. The molecule has 0 aromatic carbocycles. The van der Waals surface area contributed by atoms with E-state index in [1.165, 1.54) is 167 Å². The number of nitrogens with one attached hydrogen (secondary N) is 1. The maximum atomic E-state index is 13.3. The number of aromatic amines is 1. The molecule has 252 valence electrons. The molecule has 5 heteroatoms. The van der Waals surface area contributed by atoms with Gasteiger partial charge >= 0.3 is 0 Å². The summed E-state index contributed by atoms with van der Waals surface area (Å²) in [5.74, 6) is 0.110. The second-order valence-electron chi connectivity index (χ2n) is 13.4. The van der Waals surface area contributed by atoms with E-state index in [0.717, 1.165) is 31.6 Å². The average Bonchev–Trinajstić information content (AvgIpc) is 3.53. The van der Waals surface area contributed by atoms with E-state index in [-0.39, 0.29) is 5.91 Å². The van der Waals surface area contributed by atoms with Crippen molar-refractivity contribution in [1.82, 2.24) is 14.9 Å². The van der Waals surface area contributed by atoms with E-state index < -0.39 is 6.04 Å². The molecule has 0 spiro atoms. The van der Waals surface area contributed by atoms with Crippen molar-refractivity contribution in [3.63, 3.8) is 0 Å². The molecule has 43 heavy (non-hydrogen) atoms. The quantitative estimate of drug-likeness (QED) is 0.0786. The second kappa shape index (κ2) is 30.7. The molecule has 0 fully saturated rings. The molecule has 0 radical (unpaired) electrons. The van der Waals surface area contributed by atoms with Crippen molar-refractivity contribution in [1.29, 1.82) is 0 Å². The molecule has 5 nitrogen and oxygen atoms in total. The summed E-state index contributed by atoms with van der Waals surface area (Å²) >= 11 is 0. The predicted molar refractivity (Wildman–Crippen MR) is 187 cm³/mol. The van der Waals surface area contributed by atoms with E-state index in [0.29, 0.717) is 6.42 Å². The Morgan fingerprint density at radius 2 is 0.930 bits per heavy atom. The third-order valence-electron chi connectivity index (χ3n) is 9.19. The van der Waals surface area contributed by atoms with Gasteiger partial charge in [-0.3, -0.25) is 4.79 Å². The van der Waals surface area contributed by atoms with Gasteiger partial charge in [0.05, 0.1) is 12.4 Å². The van der Waals surface area contributed by atoms with Crippen molar-refractivity contribution in [2.75, 3.05) is 13.1 Å². The summed E-state index contributed by atoms with van der Waals surface area (Å²) in [6.45, 7) is 6.28. The monoisotopic (exact) mass is 603 g/mol. The molecule has 0 aliphatic carbocycles. The number of aromatic nitrogens is 2. The normalized spacial score (nSPS) is 12.2. The number of hydrogen-bond donors (Lipinski definition) is 2. The van der Waals surface area contributed by atoms with Crippen molar-refractivity contribution in [3.8, 4) is 0 Å². The maximum Gasteiger partial charge on any atom is 0.239 e. The van der Waals surface area contributed by atoms with Gasteiger partial charge in [0.25, 0.3) is 0 Å². The lowest BCUT2D eigenvalue weighted by Gasteiger charge is -2.26. The van der Waals surface area contributed by atoms with Gasteiger partial charge in [-0.15, -0.1) is 0 Å². The molecule has 1 atom stereocenters. The minimum absolute atomic E-state index is 0.110. The number of rotatable bonds is 33. The van der Waals surface area contributed by atoms with E-state index in [1.807, 2.05) is 0 Å². The summed E-state index contributed by atoms with van der Waals surface area (Å²) in [5.41, 5.74) is 7.31. The molecule has 0 bridgehead atoms. The number of H-pyrrole nitrogens is 1. The molecule has 1 aromatic heterocycles. The highest BCUT2D eigenvalue weighted by atomic mass is 16.2. The van der Waals surface area contributed by atoms with Gasteiger partial charge in [0.15, 0.2) is 0 Å². The third kappa shape index (κ3) is 24.6. The van der Waals surface area contributed by atoms with Crippen LogP contribution < -0.4 is 5.73 Å². The van der Waals surface area contributed by atoms with Gasteiger partial charge < -0.3 is 15.6 Å². The Morgan fingerprint density at radius 1 is 0.605 bits per heavy atom. The van der Waals surface area contributed by atoms with Crippen LogP contribution in [-0.4, -0.2) is 39.9 Å². The molecular weight excluding hydrogens is 528 g/mol. The lowest BCUT2D eigenvalue weighted by atomic mass is 10.0. The predicted octanol–water partition coefficient (Wildman–Crippen LogP) is 11.1. The van der Waals surface area contributed by atoms with Gasteiger partial charge in [0.2, 0.25) is 5.91 Å². The summed E-state index contributed by atoms with van der Waals surface area (Å²) in [6, 6.07) is -0.487. The number of carbonyl (C=O) groups is 1. The smallest absolute Gasteiger partial charge is 0.239 e. The number of unbranched alkanes of at least 4 members (excludes halogenated alkanes) is 26. The lowest BCUT2D eigenvalue weighted by molar-refractivity contribution is -0.132. The number of carbonyl (C=O) groups excluding carboxylic acids is 1. The first-order valence-electron chi connectivity index (χ1n) is 19.2. The number of nitrogens with zero attached hydrogens (tertiary/aromatic N) is 2. The fraction of sp³-hybridized carbons (Fsp3) is 0.895. The summed E-state index contributed by atoms with van der Waals surface area (Å²) in [6.07, 6.45) is 41.9. The summed E-state index contributed by atoms with van der Waals surface area (Å²) in [4.78, 5) is 22.5. The van der Waals surface area contributed by atoms with Gasteiger partial charge in [-0.1, -0.05) is 181 Å². The van der Waals surface area contributed by atoms with Crippen LogP contribution in [0.4, 0.5) is 0 Å². The molecule has 0 saturated heterocycles. The van der Waals surface area contributed by atoms with E-state index in [2.05, 4.69) is 28.7 Å². The van der Waals surface area contributed by atoms with Crippen molar-refractivity contribution in [3.05, 3.63) is 18.2 Å². The van der Waals surface area contributed by atoms with Crippen LogP contribution in [0.2, 0.25) is 0 Å². The lowest BCUT2D eigenvalue weighted by Crippen LogP contribution is -2.45. The Kier molecular flexibility index (Phi) is 28.3. The first-order chi connectivity index (χ1) is 21.2. The Bertz CT molecular complexity index is 660. The van der Waals surface area contributed by atoms with Crippen molar-refractivity contribution in [2.45, 2.75) is 206 Å². The van der Waals surface area contributed by atoms with Crippen molar-refractivity contribution < 1.29 is 4.79 Å². The fourth-order valence-electron chi connectivity index (χ4n) is 6.28. The van der Waals surface area contributed by atoms with Crippen LogP contribution in [0.15, 0.2) is 12.5 Å². The highest BCUT2D eigenvalue weighted by Crippen LogP contribution is 2.15. The number of imidazole rings is 1. The van der Waals surface area contributed by atoms with Crippen LogP contribution in [0.25, 0.3) is 0 Å². The Balaban J connectivity index is 2.16. The van der Waals surface area contributed by atoms with Gasteiger partial charge in [0, 0.05) is 31.4 Å². The second-order valence-corrected chi connectivity index (χ2v) is 13.4. The molecule has 0 saturated carbocycles. The van der Waals surface area contributed by atoms with Gasteiger partial charge in [-0.2, -0.15) is 0 Å². The van der Waals surface area contributed by atoms with Crippen LogP contribution in [0.5, 0.6) is 0 Å². The van der Waals surface area contributed by atoms with E-state index in [1.54, 1.807) is 12.5 Å². The average molecular weight is 603 g/mol. The van der Waals surface area contributed by atoms with Gasteiger partial charge in [-0.25, -0.2) is 4.98 Å². The summed E-state index contributed by atoms with van der Waals surface area (Å²) in [7, 11) is 0. The van der Waals surface area contributed by atoms with Crippen molar-refractivity contribution >= 4 is 5.91 Å². The zero-order chi connectivity index (χ0) is 31.1. The summed E-state index contributed by atoms with van der Waals surface area (Å²) in [5, 5.41) is 0. The molecule has 0 aliphatic heterocycles. The highest BCUT2D eigenvalue weighted by Gasteiger charge is 2.21. The zero-order valence-corrected chi connectivity index (χ0v) is 29.0. The molecule has 1 amide bonds. The van der Waals surface area contributed by atoms with Crippen LogP contribution >= 0.6 is 0 Å². The standard InChI is InChI=1S/C38H74N4O/c1-3-5-7-9-11-13-15-17-19-21-23-25-27-29-31-42(38(43)37(39)33-36-34-40-35-41-36)32-30-28-26-24-22-20-18-16-14-12-10-8-6-4-2/h34-35,37H,3-33,39H2,1-2H3,(H,40,41). The van der Waals surface area contributed by atoms with Gasteiger partial charge in [-0.05, 0) is 12.8 Å². The SMILES string of the molecule is CCCCCCCCCCCCCCCCN(CCCCCCCCCCCCCCCC)C(=O)C(N)Cc1cnc[nH]1. The Hall–Kier alpha value is -1.36. The van der Waals surface area contributed by atoms with E-state index in [9.17, 15) is 4.79 Å². The molecular formula is C38H74N4O. The van der Waals surface area contributed by atoms with Crippen molar-refractivity contribution in [2.24, 2.45) is 5.73 Å².